The van der Waals surface area contributed by atoms with Crippen LogP contribution in [0.2, 0.25) is 0 Å². The highest BCUT2D eigenvalue weighted by Crippen LogP contribution is 2.52. The van der Waals surface area contributed by atoms with Gasteiger partial charge in [-0.05, 0) is 62.3 Å². The molecule has 240 valence electrons. The van der Waals surface area contributed by atoms with E-state index in [0.29, 0.717) is 43.2 Å². The second-order valence-corrected chi connectivity index (χ2v) is 13.6. The van der Waals surface area contributed by atoms with E-state index in [4.69, 9.17) is 20.9 Å². The van der Waals surface area contributed by atoms with Crippen molar-refractivity contribution in [3.05, 3.63) is 65.0 Å². The minimum absolute atomic E-state index is 0.0243. The highest BCUT2D eigenvalue weighted by atomic mass is 19.1. The summed E-state index contributed by atoms with van der Waals surface area (Å²) in [6.45, 7) is 5.72. The van der Waals surface area contributed by atoms with Crippen LogP contribution in [0.4, 0.5) is 19.0 Å². The lowest BCUT2D eigenvalue weighted by Gasteiger charge is -2.38. The van der Waals surface area contributed by atoms with Gasteiger partial charge in [-0.3, -0.25) is 4.90 Å². The van der Waals surface area contributed by atoms with Crippen molar-refractivity contribution in [2.24, 2.45) is 11.3 Å². The van der Waals surface area contributed by atoms with Crippen LogP contribution in [-0.2, 0) is 4.74 Å². The van der Waals surface area contributed by atoms with Gasteiger partial charge in [-0.2, -0.15) is 9.97 Å². The van der Waals surface area contributed by atoms with Gasteiger partial charge in [0.15, 0.2) is 5.82 Å². The van der Waals surface area contributed by atoms with Gasteiger partial charge >= 0.3 is 6.01 Å². The average Bonchev–Trinajstić information content (AvgIpc) is 3.50. The quantitative estimate of drug-likeness (QED) is 0.322. The van der Waals surface area contributed by atoms with Crippen molar-refractivity contribution >= 4 is 22.3 Å². The molecule has 4 fully saturated rings. The van der Waals surface area contributed by atoms with E-state index in [0.717, 1.165) is 51.9 Å². The molecule has 2 aliphatic carbocycles. The lowest BCUT2D eigenvalue weighted by atomic mass is 9.64. The Kier molecular flexibility index (Phi) is 7.46. The Morgan fingerprint density at radius 1 is 1.07 bits per heavy atom. The van der Waals surface area contributed by atoms with Crippen LogP contribution >= 0.6 is 0 Å². The van der Waals surface area contributed by atoms with Crippen LogP contribution in [0.3, 0.4) is 0 Å². The molecule has 1 aromatic heterocycles. The SMILES string of the molecule is C#C[C@@]1(C)C(F)=CC=C2C=CC=C(c3c(F)cc4c(N5CC6CCC(C5)N6)nc(OCCCN5C6CCC5COC6)nc4c3F)C21. The number of nitrogens with zero attached hydrogens (tertiary/aromatic N) is 4. The first-order chi connectivity index (χ1) is 22.3. The van der Waals surface area contributed by atoms with Crippen molar-refractivity contribution < 1.29 is 22.6 Å². The molecule has 4 aliphatic heterocycles. The molecule has 4 saturated heterocycles. The maximum Gasteiger partial charge on any atom is 0.319 e. The zero-order valence-electron chi connectivity index (χ0n) is 25.9. The molecule has 0 amide bonds. The van der Waals surface area contributed by atoms with E-state index in [1.165, 1.54) is 12.1 Å². The van der Waals surface area contributed by atoms with Gasteiger partial charge in [0.05, 0.1) is 30.8 Å². The molecule has 0 saturated carbocycles. The highest BCUT2D eigenvalue weighted by Gasteiger charge is 2.45. The number of hydrogen-bond acceptors (Lipinski definition) is 7. The molecule has 6 aliphatic rings. The summed E-state index contributed by atoms with van der Waals surface area (Å²) in [7, 11) is 0. The topological polar surface area (TPSA) is 62.8 Å². The van der Waals surface area contributed by atoms with Gasteiger partial charge in [-0.25, -0.2) is 13.2 Å². The number of morpholine rings is 1. The molecule has 5 heterocycles. The van der Waals surface area contributed by atoms with Gasteiger partial charge in [0, 0.05) is 55.1 Å². The van der Waals surface area contributed by atoms with E-state index in [-0.39, 0.29) is 40.1 Å². The number of hydrogen-bond donors (Lipinski definition) is 1. The summed E-state index contributed by atoms with van der Waals surface area (Å²) in [5, 5.41) is 3.89. The number of anilines is 1. The Bertz CT molecular complexity index is 1720. The number of rotatable bonds is 7. The van der Waals surface area contributed by atoms with Crippen molar-refractivity contribution in [1.29, 1.82) is 0 Å². The maximum absolute atomic E-state index is 16.9. The molecule has 4 bridgehead atoms. The van der Waals surface area contributed by atoms with E-state index < -0.39 is 28.8 Å². The van der Waals surface area contributed by atoms with Crippen molar-refractivity contribution in [3.63, 3.8) is 0 Å². The molecule has 8 rings (SSSR count). The van der Waals surface area contributed by atoms with Crippen molar-refractivity contribution in [1.82, 2.24) is 20.2 Å². The molecular weight excluding hydrogens is 591 g/mol. The minimum atomic E-state index is -1.40. The Hall–Kier alpha value is -3.65. The molecule has 46 heavy (non-hydrogen) atoms. The fourth-order valence-electron chi connectivity index (χ4n) is 8.48. The predicted octanol–water partition coefficient (Wildman–Crippen LogP) is 5.48. The molecule has 2 aromatic rings. The van der Waals surface area contributed by atoms with Crippen LogP contribution in [0.25, 0.3) is 16.5 Å². The van der Waals surface area contributed by atoms with Gasteiger partial charge in [0.2, 0.25) is 0 Å². The van der Waals surface area contributed by atoms with E-state index >= 15 is 13.2 Å². The van der Waals surface area contributed by atoms with Crippen molar-refractivity contribution in [3.8, 4) is 18.4 Å². The second kappa shape index (κ2) is 11.5. The molecule has 1 N–H and O–H groups in total. The summed E-state index contributed by atoms with van der Waals surface area (Å²) < 4.78 is 60.2. The fraction of sp³-hybridized carbons (Fsp3) is 0.500. The molecule has 6 atom stereocenters. The molecule has 0 radical (unpaired) electrons. The molecule has 5 unspecified atom stereocenters. The zero-order valence-corrected chi connectivity index (χ0v) is 25.9. The lowest BCUT2D eigenvalue weighted by Crippen LogP contribution is -2.51. The Morgan fingerprint density at radius 2 is 1.83 bits per heavy atom. The number of piperazine rings is 1. The number of fused-ring (bicyclic) bond motifs is 6. The van der Waals surface area contributed by atoms with Gasteiger partial charge in [0.25, 0.3) is 0 Å². The fourth-order valence-corrected chi connectivity index (χ4v) is 8.48. The van der Waals surface area contributed by atoms with Crippen LogP contribution in [0, 0.1) is 35.3 Å². The Labute approximate surface area is 267 Å². The van der Waals surface area contributed by atoms with Crippen LogP contribution in [0.15, 0.2) is 47.8 Å². The summed E-state index contributed by atoms with van der Waals surface area (Å²) >= 11 is 0. The lowest BCUT2D eigenvalue weighted by molar-refractivity contribution is -0.0161. The molecule has 1 aromatic carbocycles. The second-order valence-electron chi connectivity index (χ2n) is 13.6. The minimum Gasteiger partial charge on any atom is -0.463 e. The number of halogens is 3. The van der Waals surface area contributed by atoms with Crippen LogP contribution in [0.1, 0.15) is 44.6 Å². The summed E-state index contributed by atoms with van der Waals surface area (Å²) in [6.07, 6.45) is 19.1. The van der Waals surface area contributed by atoms with Crippen molar-refractivity contribution in [2.45, 2.75) is 63.2 Å². The van der Waals surface area contributed by atoms with Crippen LogP contribution in [0.5, 0.6) is 6.01 Å². The zero-order chi connectivity index (χ0) is 31.6. The standard InChI is InChI=1S/C36H38F3N5O2/c1-3-36(2)29(38)13-8-21-6-4-7-26(31(21)36)30-28(37)16-27-33(32(30)39)41-35(42-34(27)43-17-22-9-10-23(18-43)40-22)46-15-5-14-44-24-11-12-25(44)20-45-19-24/h1,4,6-8,13,16,22-25,31,40H,5,9-12,14-15,17-20H2,2H3/t22?,23?,24?,25?,31?,36-/m0/s1. The first-order valence-electron chi connectivity index (χ1n) is 16.5. The van der Waals surface area contributed by atoms with E-state index in [9.17, 15) is 0 Å². The number of allylic oxidation sites excluding steroid dienone is 8. The van der Waals surface area contributed by atoms with Gasteiger partial charge < -0.3 is 19.7 Å². The van der Waals surface area contributed by atoms with Gasteiger partial charge in [0.1, 0.15) is 23.0 Å². The first kappa shape index (κ1) is 29.7. The third-order valence-corrected chi connectivity index (χ3v) is 10.8. The molecular formula is C36H38F3N5O2. The van der Waals surface area contributed by atoms with Gasteiger partial charge in [-0.1, -0.05) is 30.2 Å². The maximum atomic E-state index is 16.9. The normalized spacial score (nSPS) is 31.8. The number of benzene rings is 1. The number of nitrogens with one attached hydrogen (secondary N) is 1. The highest BCUT2D eigenvalue weighted by molar-refractivity contribution is 5.94. The Morgan fingerprint density at radius 3 is 2.57 bits per heavy atom. The van der Waals surface area contributed by atoms with E-state index in [1.807, 2.05) is 0 Å². The third-order valence-electron chi connectivity index (χ3n) is 10.8. The Balaban J connectivity index is 1.16. The number of ether oxygens (including phenoxy) is 2. The van der Waals surface area contributed by atoms with Crippen molar-refractivity contribution in [2.75, 3.05) is 44.4 Å². The van der Waals surface area contributed by atoms with Crippen LogP contribution in [-0.4, -0.2) is 78.5 Å². The molecule has 10 heteroatoms. The van der Waals surface area contributed by atoms with Gasteiger partial charge in [-0.15, -0.1) is 6.42 Å². The largest absolute Gasteiger partial charge is 0.463 e. The predicted molar refractivity (Wildman–Crippen MR) is 171 cm³/mol. The summed E-state index contributed by atoms with van der Waals surface area (Å²) in [6, 6.07) is 2.86. The molecule has 0 spiro atoms. The van der Waals surface area contributed by atoms with E-state index in [2.05, 4.69) is 26.0 Å². The number of terminal acetylenes is 1. The summed E-state index contributed by atoms with van der Waals surface area (Å²) in [5.41, 5.74) is -0.723. The summed E-state index contributed by atoms with van der Waals surface area (Å²) in [5.74, 6) is 0.141. The van der Waals surface area contributed by atoms with Crippen LogP contribution < -0.4 is 15.0 Å². The first-order valence-corrected chi connectivity index (χ1v) is 16.5. The smallest absolute Gasteiger partial charge is 0.319 e. The third kappa shape index (κ3) is 4.86. The average molecular weight is 630 g/mol. The number of aromatic nitrogens is 2. The van der Waals surface area contributed by atoms with E-state index in [1.54, 1.807) is 31.2 Å². The summed E-state index contributed by atoms with van der Waals surface area (Å²) in [4.78, 5) is 13.9. The monoisotopic (exact) mass is 629 g/mol. The molecule has 7 nitrogen and oxygen atoms in total.